The summed E-state index contributed by atoms with van der Waals surface area (Å²) in [5, 5.41) is 0. The molecule has 1 aliphatic heterocycles. The Morgan fingerprint density at radius 2 is 1.27 bits per heavy atom. The van der Waals surface area contributed by atoms with Crippen LogP contribution in [0.2, 0.25) is 0 Å². The third kappa shape index (κ3) is 4.65. The summed E-state index contributed by atoms with van der Waals surface area (Å²) in [5.74, 6) is -2.15. The molecule has 0 saturated heterocycles. The van der Waals surface area contributed by atoms with Gasteiger partial charge in [0.25, 0.3) is 0 Å². The molecule has 0 saturated carbocycles. The molecule has 0 spiro atoms. The van der Waals surface area contributed by atoms with Gasteiger partial charge < -0.3 is 14.4 Å². The summed E-state index contributed by atoms with van der Waals surface area (Å²) in [6.45, 7) is 3.61. The van der Waals surface area contributed by atoms with Crippen molar-refractivity contribution < 1.29 is 27.8 Å². The Bertz CT molecular complexity index is 1350. The molecular weight excluding hydrogens is 476 g/mol. The van der Waals surface area contributed by atoms with E-state index in [0.717, 1.165) is 0 Å². The van der Waals surface area contributed by atoms with E-state index in [1.165, 1.54) is 30.3 Å². The highest BCUT2D eigenvalue weighted by atomic mass is 19.1. The largest absolute Gasteiger partial charge is 0.463 e. The zero-order chi connectivity index (χ0) is 26.6. The second-order valence-corrected chi connectivity index (χ2v) is 8.41. The molecule has 0 aromatic heterocycles. The van der Waals surface area contributed by atoms with Crippen LogP contribution < -0.4 is 0 Å². The van der Waals surface area contributed by atoms with Crippen molar-refractivity contribution in [3.05, 3.63) is 124 Å². The predicted molar refractivity (Wildman–Crippen MR) is 136 cm³/mol. The molecule has 5 nitrogen and oxygen atoms in total. The molecule has 0 N–H and O–H groups in total. The van der Waals surface area contributed by atoms with Gasteiger partial charge in [-0.1, -0.05) is 42.5 Å². The fourth-order valence-electron chi connectivity index (χ4n) is 4.82. The van der Waals surface area contributed by atoms with Gasteiger partial charge in [0.05, 0.1) is 30.1 Å². The first-order chi connectivity index (χ1) is 17.8. The van der Waals surface area contributed by atoms with Crippen molar-refractivity contribution in [3.63, 3.8) is 0 Å². The van der Waals surface area contributed by atoms with E-state index in [2.05, 4.69) is 0 Å². The van der Waals surface area contributed by atoms with Crippen LogP contribution in [0.5, 0.6) is 0 Å². The van der Waals surface area contributed by atoms with Crippen LogP contribution in [0.3, 0.4) is 0 Å². The van der Waals surface area contributed by atoms with Gasteiger partial charge in [0.1, 0.15) is 17.2 Å². The Morgan fingerprint density at radius 3 is 1.84 bits per heavy atom. The first kappa shape index (κ1) is 25.8. The molecule has 3 aromatic rings. The van der Waals surface area contributed by atoms with Crippen LogP contribution in [0.1, 0.15) is 30.5 Å². The maximum atomic E-state index is 14.1. The number of carbonyl (C=O) groups is 2. The molecule has 4 rings (SSSR count). The fourth-order valence-corrected chi connectivity index (χ4v) is 4.82. The minimum absolute atomic E-state index is 0.109. The number of rotatable bonds is 7. The number of benzene rings is 3. The number of carbonyl (C=O) groups excluding carboxylic acids is 2. The Kier molecular flexibility index (Phi) is 7.53. The van der Waals surface area contributed by atoms with Gasteiger partial charge in [-0.25, -0.2) is 18.4 Å². The van der Waals surface area contributed by atoms with Crippen LogP contribution in [0, 0.1) is 11.6 Å². The topological polar surface area (TPSA) is 55.8 Å². The minimum Gasteiger partial charge on any atom is -0.463 e. The van der Waals surface area contributed by atoms with Crippen molar-refractivity contribution in [1.29, 1.82) is 0 Å². The average molecular weight is 504 g/mol. The summed E-state index contributed by atoms with van der Waals surface area (Å²) in [4.78, 5) is 28.6. The molecule has 0 amide bonds. The monoisotopic (exact) mass is 503 g/mol. The second kappa shape index (κ2) is 10.8. The normalized spacial score (nSPS) is 17.3. The second-order valence-electron chi connectivity index (χ2n) is 8.41. The number of esters is 2. The molecule has 0 aliphatic carbocycles. The standard InChI is InChI=1S/C30H27F2NO4/c1-4-36-28(34)25-19-26(29(35)37-5-2)30(21-9-7-6-8-10-21,22-13-17-24(32)18-14-22)33(3)27(25)20-11-15-23(31)16-12-20/h6-19H,4-5H2,1-3H3. The van der Waals surface area contributed by atoms with E-state index in [1.807, 2.05) is 30.3 Å². The number of likely N-dealkylation sites (N-methyl/N-ethyl adjacent to an activating group) is 1. The molecule has 0 radical (unpaired) electrons. The fraction of sp³-hybridized carbons (Fsp3) is 0.200. The lowest BCUT2D eigenvalue weighted by Crippen LogP contribution is -2.50. The molecule has 1 aliphatic rings. The molecule has 1 heterocycles. The van der Waals surface area contributed by atoms with Gasteiger partial charge in [0, 0.05) is 7.05 Å². The van der Waals surface area contributed by atoms with Crippen molar-refractivity contribution in [2.75, 3.05) is 20.3 Å². The Balaban J connectivity index is 2.14. The summed E-state index contributed by atoms with van der Waals surface area (Å²) in [7, 11) is 1.74. The summed E-state index contributed by atoms with van der Waals surface area (Å²) >= 11 is 0. The lowest BCUT2D eigenvalue weighted by atomic mass is 9.72. The highest BCUT2D eigenvalue weighted by Crippen LogP contribution is 2.50. The van der Waals surface area contributed by atoms with E-state index in [1.54, 1.807) is 50.1 Å². The van der Waals surface area contributed by atoms with Crippen molar-refractivity contribution in [1.82, 2.24) is 4.90 Å². The van der Waals surface area contributed by atoms with Crippen LogP contribution >= 0.6 is 0 Å². The molecular formula is C30H27F2NO4. The summed E-state index contributed by atoms with van der Waals surface area (Å²) in [6.07, 6.45) is 1.48. The van der Waals surface area contributed by atoms with E-state index in [-0.39, 0.29) is 24.4 Å². The summed E-state index contributed by atoms with van der Waals surface area (Å²) < 4.78 is 38.7. The lowest BCUT2D eigenvalue weighted by Gasteiger charge is -2.48. The zero-order valence-electron chi connectivity index (χ0n) is 20.8. The third-order valence-corrected chi connectivity index (χ3v) is 6.33. The molecule has 0 bridgehead atoms. The molecule has 0 fully saturated rings. The van der Waals surface area contributed by atoms with Gasteiger partial charge in [-0.2, -0.15) is 0 Å². The van der Waals surface area contributed by atoms with E-state index in [9.17, 15) is 18.4 Å². The highest BCUT2D eigenvalue weighted by Gasteiger charge is 2.50. The van der Waals surface area contributed by atoms with Gasteiger partial charge in [0.15, 0.2) is 0 Å². The lowest BCUT2D eigenvalue weighted by molar-refractivity contribution is -0.139. The number of hydrogen-bond acceptors (Lipinski definition) is 5. The zero-order valence-corrected chi connectivity index (χ0v) is 20.8. The van der Waals surface area contributed by atoms with Crippen molar-refractivity contribution in [3.8, 4) is 0 Å². The average Bonchev–Trinajstić information content (AvgIpc) is 2.90. The van der Waals surface area contributed by atoms with Crippen LogP contribution in [0.25, 0.3) is 5.70 Å². The van der Waals surface area contributed by atoms with Crippen LogP contribution in [0.4, 0.5) is 8.78 Å². The summed E-state index contributed by atoms with van der Waals surface area (Å²) in [5.41, 5.74) is 1.17. The quantitative estimate of drug-likeness (QED) is 0.392. The van der Waals surface area contributed by atoms with Gasteiger partial charge >= 0.3 is 11.9 Å². The van der Waals surface area contributed by atoms with E-state index in [4.69, 9.17) is 9.47 Å². The number of hydrogen-bond donors (Lipinski definition) is 0. The molecule has 3 aromatic carbocycles. The van der Waals surface area contributed by atoms with Crippen LogP contribution in [-0.4, -0.2) is 37.1 Å². The number of nitrogens with zero attached hydrogens (tertiary/aromatic N) is 1. The highest BCUT2D eigenvalue weighted by molar-refractivity contribution is 6.06. The molecule has 7 heteroatoms. The molecule has 190 valence electrons. The van der Waals surface area contributed by atoms with Crippen molar-refractivity contribution in [2.24, 2.45) is 0 Å². The van der Waals surface area contributed by atoms with E-state index >= 15 is 0 Å². The van der Waals surface area contributed by atoms with Gasteiger partial charge in [0.2, 0.25) is 0 Å². The first-order valence-corrected chi connectivity index (χ1v) is 12.0. The Labute approximate surface area is 214 Å². The molecule has 1 unspecified atom stereocenters. The number of ether oxygens (including phenoxy) is 2. The van der Waals surface area contributed by atoms with Gasteiger partial charge in [-0.05, 0) is 73.0 Å². The Hall–Kier alpha value is -4.26. The molecule has 1 atom stereocenters. The summed E-state index contributed by atoms with van der Waals surface area (Å²) in [6, 6.07) is 20.8. The van der Waals surface area contributed by atoms with Crippen molar-refractivity contribution in [2.45, 2.75) is 19.4 Å². The SMILES string of the molecule is CCOC(=O)C1=CC(C(=O)OCC)=C(c2ccc(F)cc2)N(C)C1(c1ccccc1)c1ccc(F)cc1. The number of halogens is 2. The Morgan fingerprint density at radius 1 is 0.757 bits per heavy atom. The van der Waals surface area contributed by atoms with E-state index < -0.39 is 29.1 Å². The van der Waals surface area contributed by atoms with Crippen LogP contribution in [-0.2, 0) is 24.6 Å². The van der Waals surface area contributed by atoms with Crippen LogP contribution in [0.15, 0.2) is 96.1 Å². The van der Waals surface area contributed by atoms with Gasteiger partial charge in [-0.15, -0.1) is 0 Å². The first-order valence-electron chi connectivity index (χ1n) is 12.0. The maximum absolute atomic E-state index is 14.1. The van der Waals surface area contributed by atoms with Gasteiger partial charge in [-0.3, -0.25) is 0 Å². The van der Waals surface area contributed by atoms with E-state index in [0.29, 0.717) is 22.4 Å². The smallest absolute Gasteiger partial charge is 0.340 e. The predicted octanol–water partition coefficient (Wildman–Crippen LogP) is 5.62. The van der Waals surface area contributed by atoms with Crippen molar-refractivity contribution >= 4 is 17.6 Å². The minimum atomic E-state index is -1.32. The maximum Gasteiger partial charge on any atom is 0.340 e. The third-order valence-electron chi connectivity index (χ3n) is 6.33. The molecule has 37 heavy (non-hydrogen) atoms.